The SMILES string of the molecule is C[C@H](NCC(=O)Nc1ccccc1F)c1ccccc1. The molecule has 0 aliphatic rings. The Bertz CT molecular complexity index is 572. The summed E-state index contributed by atoms with van der Waals surface area (Å²) < 4.78 is 13.4. The molecule has 4 heteroatoms. The second kappa shape index (κ2) is 6.82. The predicted octanol–water partition coefficient (Wildman–Crippen LogP) is 3.12. The van der Waals surface area contributed by atoms with Gasteiger partial charge in [0.1, 0.15) is 5.82 Å². The third kappa shape index (κ3) is 3.90. The highest BCUT2D eigenvalue weighted by molar-refractivity contribution is 5.92. The Hall–Kier alpha value is -2.20. The zero-order valence-electron chi connectivity index (χ0n) is 11.3. The molecule has 0 radical (unpaired) electrons. The standard InChI is InChI=1S/C16H17FN2O/c1-12(13-7-3-2-4-8-13)18-11-16(20)19-15-10-6-5-9-14(15)17/h2-10,12,18H,11H2,1H3,(H,19,20)/t12-/m0/s1. The number of amides is 1. The van der Waals surface area contributed by atoms with Crippen LogP contribution in [0.25, 0.3) is 0 Å². The van der Waals surface area contributed by atoms with E-state index in [1.807, 2.05) is 37.3 Å². The molecule has 3 nitrogen and oxygen atoms in total. The molecule has 0 aliphatic heterocycles. The molecule has 0 saturated heterocycles. The normalized spacial score (nSPS) is 11.9. The van der Waals surface area contributed by atoms with Crippen LogP contribution >= 0.6 is 0 Å². The van der Waals surface area contributed by atoms with Crippen molar-refractivity contribution in [2.24, 2.45) is 0 Å². The Morgan fingerprint density at radius 1 is 1.10 bits per heavy atom. The van der Waals surface area contributed by atoms with E-state index < -0.39 is 5.82 Å². The molecule has 0 fully saturated rings. The molecule has 2 aromatic carbocycles. The van der Waals surface area contributed by atoms with Crippen molar-refractivity contribution in [2.75, 3.05) is 11.9 Å². The van der Waals surface area contributed by atoms with Gasteiger partial charge in [-0.05, 0) is 24.6 Å². The zero-order valence-corrected chi connectivity index (χ0v) is 11.3. The monoisotopic (exact) mass is 272 g/mol. The number of rotatable bonds is 5. The predicted molar refractivity (Wildman–Crippen MR) is 77.9 cm³/mol. The van der Waals surface area contributed by atoms with Crippen molar-refractivity contribution in [3.8, 4) is 0 Å². The van der Waals surface area contributed by atoms with Crippen molar-refractivity contribution in [1.29, 1.82) is 0 Å². The molecule has 20 heavy (non-hydrogen) atoms. The summed E-state index contributed by atoms with van der Waals surface area (Å²) in [5, 5.41) is 5.64. The van der Waals surface area contributed by atoms with Gasteiger partial charge in [-0.25, -0.2) is 4.39 Å². The first-order chi connectivity index (χ1) is 9.66. The zero-order chi connectivity index (χ0) is 14.4. The maximum Gasteiger partial charge on any atom is 0.238 e. The number of carbonyl (C=O) groups excluding carboxylic acids is 1. The van der Waals surface area contributed by atoms with Gasteiger partial charge in [0.15, 0.2) is 0 Å². The quantitative estimate of drug-likeness (QED) is 0.878. The minimum absolute atomic E-state index is 0.0579. The largest absolute Gasteiger partial charge is 0.322 e. The molecule has 0 unspecified atom stereocenters. The van der Waals surface area contributed by atoms with Gasteiger partial charge in [0.25, 0.3) is 0 Å². The van der Waals surface area contributed by atoms with E-state index in [0.717, 1.165) is 5.56 Å². The molecule has 1 amide bonds. The number of hydrogen-bond acceptors (Lipinski definition) is 2. The highest BCUT2D eigenvalue weighted by Gasteiger charge is 2.09. The second-order valence-corrected chi connectivity index (χ2v) is 4.54. The first kappa shape index (κ1) is 14.2. The minimum Gasteiger partial charge on any atom is -0.322 e. The maximum absolute atomic E-state index is 13.4. The molecule has 0 bridgehead atoms. The van der Waals surface area contributed by atoms with Crippen LogP contribution < -0.4 is 10.6 Å². The molecule has 104 valence electrons. The Labute approximate surface area is 117 Å². The highest BCUT2D eigenvalue weighted by atomic mass is 19.1. The van der Waals surface area contributed by atoms with Crippen LogP contribution in [-0.2, 0) is 4.79 Å². The molecule has 0 saturated carbocycles. The van der Waals surface area contributed by atoms with Gasteiger partial charge >= 0.3 is 0 Å². The number of hydrogen-bond donors (Lipinski definition) is 2. The van der Waals surface area contributed by atoms with Gasteiger partial charge in [0.05, 0.1) is 12.2 Å². The van der Waals surface area contributed by atoms with Crippen LogP contribution in [0.4, 0.5) is 10.1 Å². The van der Waals surface area contributed by atoms with Crippen LogP contribution in [0.5, 0.6) is 0 Å². The van der Waals surface area contributed by atoms with E-state index in [1.165, 1.54) is 12.1 Å². The van der Waals surface area contributed by atoms with Crippen molar-refractivity contribution < 1.29 is 9.18 Å². The molecule has 1 atom stereocenters. The minimum atomic E-state index is -0.433. The fraction of sp³-hybridized carbons (Fsp3) is 0.188. The van der Waals surface area contributed by atoms with Gasteiger partial charge in [0, 0.05) is 6.04 Å². The third-order valence-electron chi connectivity index (χ3n) is 3.02. The van der Waals surface area contributed by atoms with Gasteiger partial charge in [-0.2, -0.15) is 0 Å². The number of carbonyl (C=O) groups is 1. The average molecular weight is 272 g/mol. The molecular weight excluding hydrogens is 255 g/mol. The van der Waals surface area contributed by atoms with Crippen LogP contribution in [0.15, 0.2) is 54.6 Å². The van der Waals surface area contributed by atoms with Crippen LogP contribution in [0.1, 0.15) is 18.5 Å². The smallest absolute Gasteiger partial charge is 0.238 e. The van der Waals surface area contributed by atoms with E-state index >= 15 is 0 Å². The number of para-hydroxylation sites is 1. The summed E-state index contributed by atoms with van der Waals surface area (Å²) in [4.78, 5) is 11.8. The average Bonchev–Trinajstić information content (AvgIpc) is 2.48. The Morgan fingerprint density at radius 2 is 1.75 bits per heavy atom. The first-order valence-electron chi connectivity index (χ1n) is 6.49. The van der Waals surface area contributed by atoms with E-state index in [0.29, 0.717) is 0 Å². The lowest BCUT2D eigenvalue weighted by atomic mass is 10.1. The van der Waals surface area contributed by atoms with Gasteiger partial charge < -0.3 is 10.6 Å². The number of benzene rings is 2. The topological polar surface area (TPSA) is 41.1 Å². The van der Waals surface area contributed by atoms with E-state index in [9.17, 15) is 9.18 Å². The van der Waals surface area contributed by atoms with E-state index in [-0.39, 0.29) is 24.2 Å². The van der Waals surface area contributed by atoms with Crippen molar-refractivity contribution in [2.45, 2.75) is 13.0 Å². The number of anilines is 1. The lowest BCUT2D eigenvalue weighted by molar-refractivity contribution is -0.115. The van der Waals surface area contributed by atoms with Crippen LogP contribution in [0, 0.1) is 5.82 Å². The Kier molecular flexibility index (Phi) is 4.85. The van der Waals surface area contributed by atoms with E-state index in [4.69, 9.17) is 0 Å². The van der Waals surface area contributed by atoms with Gasteiger partial charge in [-0.3, -0.25) is 4.79 Å². The summed E-state index contributed by atoms with van der Waals surface area (Å²) in [5.74, 6) is -0.699. The lowest BCUT2D eigenvalue weighted by Gasteiger charge is -2.14. The molecule has 2 aromatic rings. The Balaban J connectivity index is 1.85. The Morgan fingerprint density at radius 3 is 2.45 bits per heavy atom. The summed E-state index contributed by atoms with van der Waals surface area (Å²) in [5.41, 5.74) is 1.30. The van der Waals surface area contributed by atoms with Gasteiger partial charge in [0.2, 0.25) is 5.91 Å². The fourth-order valence-electron chi connectivity index (χ4n) is 1.86. The molecular formula is C16H17FN2O. The van der Waals surface area contributed by atoms with Crippen LogP contribution in [0.2, 0.25) is 0 Å². The molecule has 2 rings (SSSR count). The van der Waals surface area contributed by atoms with Crippen LogP contribution in [0.3, 0.4) is 0 Å². The third-order valence-corrected chi connectivity index (χ3v) is 3.02. The van der Waals surface area contributed by atoms with Crippen molar-refractivity contribution in [3.05, 3.63) is 66.0 Å². The maximum atomic E-state index is 13.4. The van der Waals surface area contributed by atoms with Crippen LogP contribution in [-0.4, -0.2) is 12.5 Å². The summed E-state index contributed by atoms with van der Waals surface area (Å²) in [6.07, 6.45) is 0. The molecule has 2 N–H and O–H groups in total. The van der Waals surface area contributed by atoms with E-state index in [2.05, 4.69) is 10.6 Å². The van der Waals surface area contributed by atoms with Crippen molar-refractivity contribution in [3.63, 3.8) is 0 Å². The fourth-order valence-corrected chi connectivity index (χ4v) is 1.86. The summed E-state index contributed by atoms with van der Waals surface area (Å²) in [7, 11) is 0. The second-order valence-electron chi connectivity index (χ2n) is 4.54. The first-order valence-corrected chi connectivity index (χ1v) is 6.49. The molecule has 0 heterocycles. The molecule has 0 spiro atoms. The van der Waals surface area contributed by atoms with E-state index in [1.54, 1.807) is 12.1 Å². The van der Waals surface area contributed by atoms with Gasteiger partial charge in [-0.1, -0.05) is 42.5 Å². The lowest BCUT2D eigenvalue weighted by Crippen LogP contribution is -2.30. The van der Waals surface area contributed by atoms with Crippen molar-refractivity contribution in [1.82, 2.24) is 5.32 Å². The summed E-state index contributed by atoms with van der Waals surface area (Å²) >= 11 is 0. The number of halogens is 1. The highest BCUT2D eigenvalue weighted by Crippen LogP contribution is 2.13. The number of nitrogens with one attached hydrogen (secondary N) is 2. The summed E-state index contributed by atoms with van der Waals surface area (Å²) in [6.45, 7) is 2.11. The van der Waals surface area contributed by atoms with Gasteiger partial charge in [-0.15, -0.1) is 0 Å². The summed E-state index contributed by atoms with van der Waals surface area (Å²) in [6, 6.07) is 16.0. The van der Waals surface area contributed by atoms with Crippen molar-refractivity contribution >= 4 is 11.6 Å². The molecule has 0 aliphatic carbocycles. The molecule has 0 aromatic heterocycles.